The minimum atomic E-state index is -0.783. The van der Waals surface area contributed by atoms with Crippen LogP contribution in [0, 0.1) is 0 Å². The number of Topliss-reactive ketones (excluding diaryl/α,β-unsaturated/α-hetero) is 1. The Morgan fingerprint density at radius 3 is 2.17 bits per heavy atom. The van der Waals surface area contributed by atoms with E-state index >= 15 is 0 Å². The van der Waals surface area contributed by atoms with Crippen molar-refractivity contribution < 1.29 is 19.4 Å². The van der Waals surface area contributed by atoms with Gasteiger partial charge < -0.3 is 9.84 Å². The predicted molar refractivity (Wildman–Crippen MR) is 116 cm³/mol. The normalized spacial score (nSPS) is 17.9. The van der Waals surface area contributed by atoms with Crippen molar-refractivity contribution in [1.29, 1.82) is 0 Å². The maximum atomic E-state index is 13.0. The number of aliphatic hydroxyl groups is 1. The van der Waals surface area contributed by atoms with Crippen LogP contribution in [-0.2, 0) is 9.59 Å². The highest BCUT2D eigenvalue weighted by atomic mass is 35.5. The number of hydrogen-bond acceptors (Lipinski definition) is 4. The van der Waals surface area contributed by atoms with Crippen molar-refractivity contribution in [2.45, 2.75) is 6.04 Å². The summed E-state index contributed by atoms with van der Waals surface area (Å²) in [5, 5.41) is 11.5. The van der Waals surface area contributed by atoms with Gasteiger partial charge in [-0.05, 0) is 54.1 Å². The molecule has 0 saturated carbocycles. The molecule has 1 amide bonds. The minimum Gasteiger partial charge on any atom is -0.507 e. The van der Waals surface area contributed by atoms with E-state index in [2.05, 4.69) is 0 Å². The van der Waals surface area contributed by atoms with Crippen LogP contribution in [0.1, 0.15) is 17.2 Å². The molecule has 1 unspecified atom stereocenters. The Morgan fingerprint density at radius 2 is 1.57 bits per heavy atom. The van der Waals surface area contributed by atoms with Crippen molar-refractivity contribution in [3.05, 3.63) is 101 Å². The van der Waals surface area contributed by atoms with Gasteiger partial charge in [-0.2, -0.15) is 0 Å². The van der Waals surface area contributed by atoms with E-state index in [4.69, 9.17) is 16.3 Å². The summed E-state index contributed by atoms with van der Waals surface area (Å²) in [5.74, 6) is -1.04. The second kappa shape index (κ2) is 8.05. The lowest BCUT2D eigenvalue weighted by atomic mass is 9.95. The standard InChI is InChI=1S/C24H18ClNO4/c1-30-19-13-9-15(10-14-19)21-20(22(27)16-7-11-17(25)12-8-16)23(28)24(29)26(21)18-5-3-2-4-6-18/h2-14,21,27H,1H3/b22-20+. The average molecular weight is 420 g/mol. The molecule has 0 aromatic heterocycles. The Balaban J connectivity index is 1.92. The van der Waals surface area contributed by atoms with Crippen molar-refractivity contribution in [3.8, 4) is 5.75 Å². The Morgan fingerprint density at radius 1 is 0.933 bits per heavy atom. The minimum absolute atomic E-state index is 0.0244. The summed E-state index contributed by atoms with van der Waals surface area (Å²) in [4.78, 5) is 27.4. The molecule has 150 valence electrons. The van der Waals surface area contributed by atoms with E-state index in [0.717, 1.165) is 0 Å². The summed E-state index contributed by atoms with van der Waals surface area (Å²) in [6, 6.07) is 21.7. The number of anilines is 1. The number of ether oxygens (including phenoxy) is 1. The highest BCUT2D eigenvalue weighted by molar-refractivity contribution is 6.51. The van der Waals surface area contributed by atoms with E-state index in [1.54, 1.807) is 79.9 Å². The van der Waals surface area contributed by atoms with Crippen LogP contribution in [-0.4, -0.2) is 23.9 Å². The molecular formula is C24H18ClNO4. The van der Waals surface area contributed by atoms with Crippen LogP contribution in [0.4, 0.5) is 5.69 Å². The van der Waals surface area contributed by atoms with E-state index < -0.39 is 17.7 Å². The molecule has 4 rings (SSSR count). The van der Waals surface area contributed by atoms with Gasteiger partial charge in [0.25, 0.3) is 11.7 Å². The number of nitrogens with zero attached hydrogens (tertiary/aromatic N) is 1. The zero-order valence-corrected chi connectivity index (χ0v) is 16.8. The number of carbonyl (C=O) groups is 2. The maximum absolute atomic E-state index is 13.0. The fourth-order valence-electron chi connectivity index (χ4n) is 3.55. The number of rotatable bonds is 4. The van der Waals surface area contributed by atoms with E-state index in [0.29, 0.717) is 27.6 Å². The molecule has 1 N–H and O–H groups in total. The predicted octanol–water partition coefficient (Wildman–Crippen LogP) is 4.97. The second-order valence-electron chi connectivity index (χ2n) is 6.78. The lowest BCUT2D eigenvalue weighted by Crippen LogP contribution is -2.29. The number of aliphatic hydroxyl groups excluding tert-OH is 1. The first-order valence-corrected chi connectivity index (χ1v) is 9.65. The van der Waals surface area contributed by atoms with Crippen molar-refractivity contribution in [2.24, 2.45) is 0 Å². The van der Waals surface area contributed by atoms with Gasteiger partial charge in [-0.25, -0.2) is 0 Å². The number of hydrogen-bond donors (Lipinski definition) is 1. The largest absolute Gasteiger partial charge is 0.507 e. The molecular weight excluding hydrogens is 402 g/mol. The van der Waals surface area contributed by atoms with Gasteiger partial charge in [-0.3, -0.25) is 14.5 Å². The van der Waals surface area contributed by atoms with Crippen LogP contribution in [0.3, 0.4) is 0 Å². The SMILES string of the molecule is COc1ccc(C2/C(=C(\O)c3ccc(Cl)cc3)C(=O)C(=O)N2c2ccccc2)cc1. The van der Waals surface area contributed by atoms with Crippen LogP contribution in [0.15, 0.2) is 84.4 Å². The third-order valence-electron chi connectivity index (χ3n) is 5.03. The summed E-state index contributed by atoms with van der Waals surface area (Å²) in [6.07, 6.45) is 0. The zero-order chi connectivity index (χ0) is 21.3. The van der Waals surface area contributed by atoms with E-state index in [1.165, 1.54) is 4.90 Å². The molecule has 6 heteroatoms. The Labute approximate surface area is 178 Å². The van der Waals surface area contributed by atoms with Gasteiger partial charge in [-0.15, -0.1) is 0 Å². The first-order chi connectivity index (χ1) is 14.5. The van der Waals surface area contributed by atoms with Gasteiger partial charge in [0.2, 0.25) is 0 Å². The van der Waals surface area contributed by atoms with Gasteiger partial charge in [0.1, 0.15) is 11.5 Å². The average Bonchev–Trinajstić information content (AvgIpc) is 3.05. The molecule has 1 fully saturated rings. The summed E-state index contributed by atoms with van der Waals surface area (Å²) >= 11 is 5.95. The van der Waals surface area contributed by atoms with Crippen LogP contribution in [0.5, 0.6) is 5.75 Å². The fraction of sp³-hybridized carbons (Fsp3) is 0.0833. The maximum Gasteiger partial charge on any atom is 0.300 e. The van der Waals surface area contributed by atoms with Gasteiger partial charge >= 0.3 is 0 Å². The summed E-state index contributed by atoms with van der Waals surface area (Å²) < 4.78 is 5.22. The van der Waals surface area contributed by atoms with Gasteiger partial charge in [-0.1, -0.05) is 41.9 Å². The van der Waals surface area contributed by atoms with Crippen LogP contribution < -0.4 is 9.64 Å². The third kappa shape index (κ3) is 3.44. The smallest absolute Gasteiger partial charge is 0.300 e. The molecule has 0 radical (unpaired) electrons. The molecule has 1 aliphatic heterocycles. The molecule has 0 spiro atoms. The highest BCUT2D eigenvalue weighted by Gasteiger charge is 2.46. The number of benzene rings is 3. The van der Waals surface area contributed by atoms with Crippen LogP contribution in [0.25, 0.3) is 5.76 Å². The molecule has 1 atom stereocenters. The van der Waals surface area contributed by atoms with Crippen LogP contribution >= 0.6 is 11.6 Å². The molecule has 0 aliphatic carbocycles. The molecule has 5 nitrogen and oxygen atoms in total. The Kier molecular flexibility index (Phi) is 5.29. The summed E-state index contributed by atoms with van der Waals surface area (Å²) in [5.41, 5.74) is 1.67. The summed E-state index contributed by atoms with van der Waals surface area (Å²) in [7, 11) is 1.56. The number of ketones is 1. The number of halogens is 1. The molecule has 30 heavy (non-hydrogen) atoms. The topological polar surface area (TPSA) is 66.8 Å². The van der Waals surface area contributed by atoms with Crippen LogP contribution in [0.2, 0.25) is 5.02 Å². The number of carbonyl (C=O) groups excluding carboxylic acids is 2. The fourth-order valence-corrected chi connectivity index (χ4v) is 3.68. The number of methoxy groups -OCH3 is 1. The molecule has 1 heterocycles. The number of para-hydroxylation sites is 1. The quantitative estimate of drug-likeness (QED) is 0.368. The van der Waals surface area contributed by atoms with E-state index in [1.807, 2.05) is 6.07 Å². The molecule has 1 saturated heterocycles. The first-order valence-electron chi connectivity index (χ1n) is 9.27. The van der Waals surface area contributed by atoms with Crippen molar-refractivity contribution in [1.82, 2.24) is 0 Å². The van der Waals surface area contributed by atoms with Gasteiger partial charge in [0.15, 0.2) is 0 Å². The van der Waals surface area contributed by atoms with Crippen molar-refractivity contribution >= 4 is 34.7 Å². The van der Waals surface area contributed by atoms with Crippen molar-refractivity contribution in [3.63, 3.8) is 0 Å². The van der Waals surface area contributed by atoms with E-state index in [9.17, 15) is 14.7 Å². The van der Waals surface area contributed by atoms with E-state index in [-0.39, 0.29) is 11.3 Å². The Hall–Kier alpha value is -3.57. The molecule has 1 aliphatic rings. The molecule has 0 bridgehead atoms. The van der Waals surface area contributed by atoms with Crippen molar-refractivity contribution in [2.75, 3.05) is 12.0 Å². The lowest BCUT2D eigenvalue weighted by molar-refractivity contribution is -0.132. The monoisotopic (exact) mass is 419 g/mol. The lowest BCUT2D eigenvalue weighted by Gasteiger charge is -2.25. The Bertz CT molecular complexity index is 1120. The number of amides is 1. The second-order valence-corrected chi connectivity index (χ2v) is 7.22. The third-order valence-corrected chi connectivity index (χ3v) is 5.28. The van der Waals surface area contributed by atoms with Gasteiger partial charge in [0, 0.05) is 16.3 Å². The molecule has 3 aromatic carbocycles. The first kappa shape index (κ1) is 19.7. The zero-order valence-electron chi connectivity index (χ0n) is 16.1. The molecule has 3 aromatic rings. The van der Waals surface area contributed by atoms with Gasteiger partial charge in [0.05, 0.1) is 18.7 Å². The summed E-state index contributed by atoms with van der Waals surface area (Å²) in [6.45, 7) is 0. The highest BCUT2D eigenvalue weighted by Crippen LogP contribution is 2.42.